The van der Waals surface area contributed by atoms with Crippen molar-refractivity contribution < 1.29 is 19.1 Å². The molecule has 1 unspecified atom stereocenters. The summed E-state index contributed by atoms with van der Waals surface area (Å²) in [4.78, 5) is 35.7. The Kier molecular flexibility index (Phi) is 4.44. The summed E-state index contributed by atoms with van der Waals surface area (Å²) < 4.78 is 13.7. The number of imidazole rings is 1. The van der Waals surface area contributed by atoms with E-state index in [1.165, 1.54) is 34.4 Å². The van der Waals surface area contributed by atoms with Gasteiger partial charge in [0.15, 0.2) is 0 Å². The van der Waals surface area contributed by atoms with Crippen LogP contribution in [-0.2, 0) is 9.59 Å². The van der Waals surface area contributed by atoms with Crippen LogP contribution in [0.15, 0.2) is 65.6 Å². The van der Waals surface area contributed by atoms with Crippen molar-refractivity contribution in [1.29, 1.82) is 0 Å². The Morgan fingerprint density at radius 2 is 1.97 bits per heavy atom. The second kappa shape index (κ2) is 7.17. The summed E-state index contributed by atoms with van der Waals surface area (Å²) >= 11 is 1.36. The molecule has 1 aliphatic rings. The van der Waals surface area contributed by atoms with Crippen molar-refractivity contribution in [3.63, 3.8) is 0 Å². The lowest BCUT2D eigenvalue weighted by Crippen LogP contribution is -2.30. The number of hydrogen-bond acceptors (Lipinski definition) is 5. The summed E-state index contributed by atoms with van der Waals surface area (Å²) in [6.45, 7) is 1.57. The van der Waals surface area contributed by atoms with Gasteiger partial charge in [-0.25, -0.2) is 9.37 Å². The number of aromatic amines is 1. The molecular formula is C23H16FN3O3S. The van der Waals surface area contributed by atoms with E-state index >= 15 is 0 Å². The number of hydrogen-bond donors (Lipinski definition) is 2. The summed E-state index contributed by atoms with van der Waals surface area (Å²) in [6.07, 6.45) is 0. The van der Waals surface area contributed by atoms with Crippen LogP contribution in [0.2, 0.25) is 0 Å². The van der Waals surface area contributed by atoms with Crippen molar-refractivity contribution in [2.45, 2.75) is 13.0 Å². The van der Waals surface area contributed by atoms with E-state index in [2.05, 4.69) is 9.97 Å². The van der Waals surface area contributed by atoms with Gasteiger partial charge in [-0.15, -0.1) is 11.3 Å². The van der Waals surface area contributed by atoms with Crippen molar-refractivity contribution in [3.05, 3.63) is 87.4 Å². The Balaban J connectivity index is 1.72. The number of benzene rings is 2. The molecule has 1 amide bonds. The standard InChI is InChI=1S/C23H16FN3O3S/c1-12-11-13(8-9-14(12)24)20(28)18-19(17-7-4-10-31-17)27(22(30)21(18)29)23-25-15-5-2-3-6-16(15)26-23/h2-11,19,28H,1H3,(H,25,26)/b20-18+. The zero-order valence-electron chi connectivity index (χ0n) is 16.3. The van der Waals surface area contributed by atoms with Gasteiger partial charge in [-0.05, 0) is 54.3 Å². The number of H-pyrrole nitrogens is 1. The van der Waals surface area contributed by atoms with Gasteiger partial charge in [-0.3, -0.25) is 14.5 Å². The molecule has 0 aliphatic carbocycles. The van der Waals surface area contributed by atoms with Gasteiger partial charge in [0.2, 0.25) is 5.95 Å². The number of aliphatic hydroxyl groups excluding tert-OH is 1. The number of halogens is 1. The molecule has 3 heterocycles. The van der Waals surface area contributed by atoms with Crippen molar-refractivity contribution in [2.75, 3.05) is 4.90 Å². The van der Waals surface area contributed by atoms with E-state index < -0.39 is 23.5 Å². The number of anilines is 1. The minimum Gasteiger partial charge on any atom is -0.507 e. The third-order valence-electron chi connectivity index (χ3n) is 5.29. The predicted molar refractivity (Wildman–Crippen MR) is 116 cm³/mol. The predicted octanol–water partition coefficient (Wildman–Crippen LogP) is 4.70. The summed E-state index contributed by atoms with van der Waals surface area (Å²) in [5, 5.41) is 12.9. The lowest BCUT2D eigenvalue weighted by Gasteiger charge is -2.21. The molecule has 31 heavy (non-hydrogen) atoms. The average molecular weight is 433 g/mol. The first-order valence-corrected chi connectivity index (χ1v) is 10.4. The van der Waals surface area contributed by atoms with Gasteiger partial charge >= 0.3 is 5.91 Å². The number of aryl methyl sites for hydroxylation is 1. The Labute approximate surface area is 180 Å². The van der Waals surface area contributed by atoms with E-state index in [1.807, 2.05) is 23.6 Å². The van der Waals surface area contributed by atoms with Crippen LogP contribution in [0.25, 0.3) is 16.8 Å². The fraction of sp³-hybridized carbons (Fsp3) is 0.0870. The summed E-state index contributed by atoms with van der Waals surface area (Å²) in [5.74, 6) is -2.17. The minimum absolute atomic E-state index is 0.0566. The highest BCUT2D eigenvalue weighted by atomic mass is 32.1. The van der Waals surface area contributed by atoms with Crippen LogP contribution < -0.4 is 4.90 Å². The molecule has 0 bridgehead atoms. The van der Waals surface area contributed by atoms with Crippen molar-refractivity contribution in [2.24, 2.45) is 0 Å². The maximum atomic E-state index is 13.7. The number of amides is 1. The average Bonchev–Trinajstić information content (AvgIpc) is 3.48. The largest absolute Gasteiger partial charge is 0.507 e. The van der Waals surface area contributed by atoms with Crippen LogP contribution in [0.4, 0.5) is 10.3 Å². The van der Waals surface area contributed by atoms with Crippen molar-refractivity contribution in [3.8, 4) is 0 Å². The van der Waals surface area contributed by atoms with Crippen LogP contribution in [0.5, 0.6) is 0 Å². The van der Waals surface area contributed by atoms with E-state index in [4.69, 9.17) is 0 Å². The Morgan fingerprint density at radius 3 is 2.68 bits per heavy atom. The van der Waals surface area contributed by atoms with Gasteiger partial charge < -0.3 is 10.1 Å². The Morgan fingerprint density at radius 1 is 1.16 bits per heavy atom. The van der Waals surface area contributed by atoms with E-state index in [1.54, 1.807) is 25.1 Å². The molecule has 1 aliphatic heterocycles. The molecular weight excluding hydrogens is 417 g/mol. The topological polar surface area (TPSA) is 86.3 Å². The molecule has 6 nitrogen and oxygen atoms in total. The summed E-state index contributed by atoms with van der Waals surface area (Å²) in [6, 6.07) is 14.1. The number of nitrogens with one attached hydrogen (secondary N) is 1. The number of aliphatic hydroxyl groups is 1. The van der Waals surface area contributed by atoms with E-state index in [0.29, 0.717) is 16.0 Å². The zero-order chi connectivity index (χ0) is 21.7. The number of carbonyl (C=O) groups excluding carboxylic acids is 2. The van der Waals surface area contributed by atoms with Crippen LogP contribution in [0, 0.1) is 12.7 Å². The number of rotatable bonds is 3. The zero-order valence-corrected chi connectivity index (χ0v) is 17.1. The number of carbonyl (C=O) groups is 2. The summed E-state index contributed by atoms with van der Waals surface area (Å²) in [5.41, 5.74) is 1.90. The summed E-state index contributed by atoms with van der Waals surface area (Å²) in [7, 11) is 0. The molecule has 1 saturated heterocycles. The van der Waals surface area contributed by atoms with Gasteiger partial charge in [-0.2, -0.15) is 0 Å². The maximum absolute atomic E-state index is 13.7. The van der Waals surface area contributed by atoms with Crippen LogP contribution in [0.1, 0.15) is 22.0 Å². The fourth-order valence-electron chi connectivity index (χ4n) is 3.77. The van der Waals surface area contributed by atoms with Crippen molar-refractivity contribution in [1.82, 2.24) is 9.97 Å². The van der Waals surface area contributed by atoms with Gasteiger partial charge in [0.25, 0.3) is 5.78 Å². The fourth-order valence-corrected chi connectivity index (χ4v) is 4.59. The molecule has 0 radical (unpaired) electrons. The monoisotopic (exact) mass is 433 g/mol. The molecule has 0 saturated carbocycles. The van der Waals surface area contributed by atoms with E-state index in [0.717, 1.165) is 5.52 Å². The molecule has 1 atom stereocenters. The first-order chi connectivity index (χ1) is 15.0. The van der Waals surface area contributed by atoms with Gasteiger partial charge in [0, 0.05) is 10.4 Å². The second-order valence-corrected chi connectivity index (χ2v) is 8.21. The Hall–Kier alpha value is -3.78. The molecule has 2 N–H and O–H groups in total. The number of nitrogens with zero attached hydrogens (tertiary/aromatic N) is 2. The highest BCUT2D eigenvalue weighted by Gasteiger charge is 2.48. The van der Waals surface area contributed by atoms with E-state index in [-0.39, 0.29) is 22.8 Å². The van der Waals surface area contributed by atoms with Crippen LogP contribution >= 0.6 is 11.3 Å². The smallest absolute Gasteiger partial charge is 0.302 e. The first kappa shape index (κ1) is 19.2. The number of fused-ring (bicyclic) bond motifs is 1. The van der Waals surface area contributed by atoms with Gasteiger partial charge in [0.1, 0.15) is 17.6 Å². The SMILES string of the molecule is Cc1cc(/C(O)=C2\C(=O)C(=O)N(c3nc4ccccc4[nH]3)C2c2cccs2)ccc1F. The third-order valence-corrected chi connectivity index (χ3v) is 6.22. The normalized spacial score (nSPS) is 18.3. The number of aromatic nitrogens is 2. The highest BCUT2D eigenvalue weighted by molar-refractivity contribution is 7.10. The molecule has 1 fully saturated rings. The maximum Gasteiger partial charge on any atom is 0.302 e. The third kappa shape index (κ3) is 3.03. The lowest BCUT2D eigenvalue weighted by molar-refractivity contribution is -0.132. The number of ketones is 1. The molecule has 8 heteroatoms. The van der Waals surface area contributed by atoms with Gasteiger partial charge in [-0.1, -0.05) is 18.2 Å². The molecule has 4 aromatic rings. The molecule has 0 spiro atoms. The number of para-hydroxylation sites is 2. The number of Topliss-reactive ketones (excluding diaryl/α,β-unsaturated/α-hetero) is 1. The van der Waals surface area contributed by atoms with Crippen LogP contribution in [-0.4, -0.2) is 26.8 Å². The second-order valence-electron chi connectivity index (χ2n) is 7.23. The Bertz CT molecular complexity index is 1340. The van der Waals surface area contributed by atoms with Crippen molar-refractivity contribution >= 4 is 45.8 Å². The van der Waals surface area contributed by atoms with E-state index in [9.17, 15) is 19.1 Å². The highest BCUT2D eigenvalue weighted by Crippen LogP contribution is 2.43. The van der Waals surface area contributed by atoms with Gasteiger partial charge in [0.05, 0.1) is 16.6 Å². The number of thiophene rings is 1. The molecule has 2 aromatic carbocycles. The minimum atomic E-state index is -0.856. The molecule has 154 valence electrons. The first-order valence-electron chi connectivity index (χ1n) is 9.51. The quantitative estimate of drug-likeness (QED) is 0.279. The molecule has 2 aromatic heterocycles. The lowest BCUT2D eigenvalue weighted by atomic mass is 9.99. The molecule has 5 rings (SSSR count). The van der Waals surface area contributed by atoms with Crippen LogP contribution in [0.3, 0.4) is 0 Å².